The van der Waals surface area contributed by atoms with Crippen molar-refractivity contribution < 1.29 is 13.2 Å². The summed E-state index contributed by atoms with van der Waals surface area (Å²) in [5.41, 5.74) is 0. The maximum absolute atomic E-state index is 12.5. The molecule has 0 aliphatic heterocycles. The van der Waals surface area contributed by atoms with Crippen molar-refractivity contribution in [2.24, 2.45) is 5.92 Å². The molecule has 1 aliphatic rings. The van der Waals surface area contributed by atoms with Crippen LogP contribution in [0.5, 0.6) is 0 Å². The minimum atomic E-state index is -2.13. The zero-order valence-electron chi connectivity index (χ0n) is 6.25. The lowest BCUT2D eigenvalue weighted by molar-refractivity contribution is 0.295. The quantitative estimate of drug-likeness (QED) is 0.555. The van der Waals surface area contributed by atoms with Crippen molar-refractivity contribution in [2.75, 3.05) is 0 Å². The lowest BCUT2D eigenvalue weighted by atomic mass is 9.89. The lowest BCUT2D eigenvalue weighted by Gasteiger charge is -2.18. The van der Waals surface area contributed by atoms with Gasteiger partial charge in [0, 0.05) is 5.92 Å². The van der Waals surface area contributed by atoms with Crippen LogP contribution >= 0.6 is 0 Å². The van der Waals surface area contributed by atoms with E-state index in [1.54, 1.807) is 0 Å². The Morgan fingerprint density at radius 1 is 0.909 bits per heavy atom. The van der Waals surface area contributed by atoms with E-state index < -0.39 is 17.8 Å². The molecule has 0 amide bonds. The summed E-state index contributed by atoms with van der Waals surface area (Å²) >= 11 is 0. The normalized spacial score (nSPS) is 19.9. The third-order valence-corrected chi connectivity index (χ3v) is 2.14. The lowest BCUT2D eigenvalue weighted by Crippen LogP contribution is -2.07. The predicted octanol–water partition coefficient (Wildman–Crippen LogP) is 3.64. The van der Waals surface area contributed by atoms with Crippen LogP contribution in [0, 0.1) is 5.92 Å². The first-order valence-corrected chi connectivity index (χ1v) is 3.92. The Morgan fingerprint density at radius 2 is 1.45 bits per heavy atom. The molecule has 64 valence electrons. The van der Waals surface area contributed by atoms with E-state index in [0.717, 1.165) is 19.3 Å². The van der Waals surface area contributed by atoms with E-state index in [9.17, 15) is 13.2 Å². The van der Waals surface area contributed by atoms with Gasteiger partial charge in [-0.15, -0.1) is 0 Å². The van der Waals surface area contributed by atoms with Gasteiger partial charge >= 0.3 is 6.08 Å². The molecule has 11 heavy (non-hydrogen) atoms. The van der Waals surface area contributed by atoms with Gasteiger partial charge in [-0.05, 0) is 12.8 Å². The summed E-state index contributed by atoms with van der Waals surface area (Å²) in [4.78, 5) is 0. The van der Waals surface area contributed by atoms with Crippen LogP contribution in [-0.2, 0) is 0 Å². The van der Waals surface area contributed by atoms with Crippen molar-refractivity contribution in [3.05, 3.63) is 11.9 Å². The largest absolute Gasteiger partial charge is 0.301 e. The summed E-state index contributed by atoms with van der Waals surface area (Å²) in [5.74, 6) is -1.67. The van der Waals surface area contributed by atoms with Crippen molar-refractivity contribution in [1.82, 2.24) is 0 Å². The molecular formula is C8H11F3. The van der Waals surface area contributed by atoms with Gasteiger partial charge in [-0.3, -0.25) is 0 Å². The van der Waals surface area contributed by atoms with Gasteiger partial charge in [-0.25, -0.2) is 4.39 Å². The van der Waals surface area contributed by atoms with Gasteiger partial charge in [0.2, 0.25) is 0 Å². The van der Waals surface area contributed by atoms with Crippen molar-refractivity contribution >= 4 is 0 Å². The zero-order valence-corrected chi connectivity index (χ0v) is 6.25. The van der Waals surface area contributed by atoms with Crippen LogP contribution in [0.1, 0.15) is 32.1 Å². The molecule has 1 rings (SSSR count). The van der Waals surface area contributed by atoms with E-state index >= 15 is 0 Å². The van der Waals surface area contributed by atoms with Crippen molar-refractivity contribution in [2.45, 2.75) is 32.1 Å². The fourth-order valence-electron chi connectivity index (χ4n) is 1.51. The average molecular weight is 164 g/mol. The first-order chi connectivity index (χ1) is 5.22. The first kappa shape index (κ1) is 8.62. The van der Waals surface area contributed by atoms with E-state index in [1.165, 1.54) is 0 Å². The molecule has 0 N–H and O–H groups in total. The molecule has 1 aliphatic carbocycles. The molecule has 0 radical (unpaired) electrons. The van der Waals surface area contributed by atoms with E-state index in [1.807, 2.05) is 0 Å². The number of rotatable bonds is 1. The molecule has 0 spiro atoms. The molecule has 0 nitrogen and oxygen atoms in total. The van der Waals surface area contributed by atoms with Crippen LogP contribution in [-0.4, -0.2) is 0 Å². The van der Waals surface area contributed by atoms with Gasteiger partial charge in [0.1, 0.15) is 0 Å². The van der Waals surface area contributed by atoms with Gasteiger partial charge in [0.25, 0.3) is 0 Å². The summed E-state index contributed by atoms with van der Waals surface area (Å²) in [5, 5.41) is 0. The molecule has 0 unspecified atom stereocenters. The van der Waals surface area contributed by atoms with Crippen LogP contribution in [0.25, 0.3) is 0 Å². The van der Waals surface area contributed by atoms with Gasteiger partial charge in [0.15, 0.2) is 5.83 Å². The van der Waals surface area contributed by atoms with E-state index in [-0.39, 0.29) is 0 Å². The van der Waals surface area contributed by atoms with Crippen LogP contribution in [0.3, 0.4) is 0 Å². The summed E-state index contributed by atoms with van der Waals surface area (Å²) in [6.45, 7) is 0. The van der Waals surface area contributed by atoms with Crippen molar-refractivity contribution in [1.29, 1.82) is 0 Å². The van der Waals surface area contributed by atoms with Gasteiger partial charge in [-0.2, -0.15) is 8.78 Å². The predicted molar refractivity (Wildman–Crippen MR) is 36.9 cm³/mol. The average Bonchev–Trinajstić information content (AvgIpc) is 2.05. The Morgan fingerprint density at radius 3 is 1.91 bits per heavy atom. The van der Waals surface area contributed by atoms with Crippen LogP contribution in [0.2, 0.25) is 0 Å². The molecule has 0 aromatic heterocycles. The van der Waals surface area contributed by atoms with E-state index in [2.05, 4.69) is 0 Å². The maximum Gasteiger partial charge on any atom is 0.301 e. The highest BCUT2D eigenvalue weighted by Gasteiger charge is 2.21. The topological polar surface area (TPSA) is 0 Å². The SMILES string of the molecule is FC(F)=C(F)C1CCCCC1. The molecule has 3 heteroatoms. The number of allylic oxidation sites excluding steroid dienone is 1. The van der Waals surface area contributed by atoms with Gasteiger partial charge in [-0.1, -0.05) is 19.3 Å². The molecule has 0 heterocycles. The Labute approximate surface area is 64.1 Å². The Hall–Kier alpha value is -0.470. The number of hydrogen-bond donors (Lipinski definition) is 0. The molecule has 0 aromatic rings. The Kier molecular flexibility index (Phi) is 2.97. The molecular weight excluding hydrogens is 153 g/mol. The maximum atomic E-state index is 12.5. The zero-order chi connectivity index (χ0) is 8.27. The Bertz CT molecular complexity index is 153. The minimum Gasteiger partial charge on any atom is -0.206 e. The fraction of sp³-hybridized carbons (Fsp3) is 0.750. The van der Waals surface area contributed by atoms with E-state index in [0.29, 0.717) is 12.8 Å². The second-order valence-corrected chi connectivity index (χ2v) is 2.94. The molecule has 0 bridgehead atoms. The van der Waals surface area contributed by atoms with E-state index in [4.69, 9.17) is 0 Å². The first-order valence-electron chi connectivity index (χ1n) is 3.92. The van der Waals surface area contributed by atoms with Gasteiger partial charge < -0.3 is 0 Å². The highest BCUT2D eigenvalue weighted by molar-refractivity contribution is 4.98. The second-order valence-electron chi connectivity index (χ2n) is 2.94. The summed E-state index contributed by atoms with van der Waals surface area (Å²) in [6, 6.07) is 0. The third-order valence-electron chi connectivity index (χ3n) is 2.14. The number of halogens is 3. The van der Waals surface area contributed by atoms with Crippen molar-refractivity contribution in [3.8, 4) is 0 Å². The summed E-state index contributed by atoms with van der Waals surface area (Å²) in [6.07, 6.45) is 1.86. The molecule has 1 fully saturated rings. The third kappa shape index (κ3) is 2.24. The highest BCUT2D eigenvalue weighted by Crippen LogP contribution is 2.32. The monoisotopic (exact) mass is 164 g/mol. The summed E-state index contributed by atoms with van der Waals surface area (Å²) < 4.78 is 36.0. The van der Waals surface area contributed by atoms with Crippen molar-refractivity contribution in [3.63, 3.8) is 0 Å². The van der Waals surface area contributed by atoms with Crippen LogP contribution in [0.15, 0.2) is 11.9 Å². The summed E-state index contributed by atoms with van der Waals surface area (Å²) in [7, 11) is 0. The van der Waals surface area contributed by atoms with Crippen LogP contribution < -0.4 is 0 Å². The Balaban J connectivity index is 2.52. The second kappa shape index (κ2) is 3.79. The molecule has 1 saturated carbocycles. The number of hydrogen-bond acceptors (Lipinski definition) is 0. The van der Waals surface area contributed by atoms with Gasteiger partial charge in [0.05, 0.1) is 0 Å². The molecule has 0 saturated heterocycles. The minimum absolute atomic E-state index is 0.492. The fourth-order valence-corrected chi connectivity index (χ4v) is 1.51. The van der Waals surface area contributed by atoms with Crippen LogP contribution in [0.4, 0.5) is 13.2 Å². The molecule has 0 aromatic carbocycles. The standard InChI is InChI=1S/C8H11F3/c9-7(8(10)11)6-4-2-1-3-5-6/h6H,1-5H2. The highest BCUT2D eigenvalue weighted by atomic mass is 19.3. The molecule has 0 atom stereocenters. The smallest absolute Gasteiger partial charge is 0.206 e.